The number of carbonyl (C=O) groups excluding carboxylic acids is 1. The minimum absolute atomic E-state index is 0.0729. The Bertz CT molecular complexity index is 1090. The van der Waals surface area contributed by atoms with Gasteiger partial charge in [0.25, 0.3) is 5.91 Å². The fourth-order valence-corrected chi connectivity index (χ4v) is 3.91. The number of hydrogen-bond acceptors (Lipinski definition) is 6. The molecule has 0 aliphatic carbocycles. The molecule has 2 heterocycles. The third-order valence-corrected chi connectivity index (χ3v) is 5.77. The smallest absolute Gasteiger partial charge is 0.260 e. The number of benzene rings is 2. The molecule has 0 N–H and O–H groups in total. The van der Waals surface area contributed by atoms with Gasteiger partial charge in [0.15, 0.2) is 6.61 Å². The molecule has 2 aromatic carbocycles. The Labute approximate surface area is 196 Å². The Morgan fingerprint density at radius 2 is 1.75 bits per heavy atom. The van der Waals surface area contributed by atoms with Gasteiger partial charge in [-0.1, -0.05) is 23.2 Å². The van der Waals surface area contributed by atoms with Crippen LogP contribution in [0.2, 0.25) is 10.0 Å². The van der Waals surface area contributed by atoms with Gasteiger partial charge in [0.1, 0.15) is 23.6 Å². The van der Waals surface area contributed by atoms with E-state index in [9.17, 15) is 4.79 Å². The highest BCUT2D eigenvalue weighted by Crippen LogP contribution is 2.28. The molecule has 1 aliphatic rings. The van der Waals surface area contributed by atoms with Crippen molar-refractivity contribution in [2.75, 3.05) is 44.8 Å². The van der Waals surface area contributed by atoms with E-state index in [-0.39, 0.29) is 12.5 Å². The maximum atomic E-state index is 12.6. The maximum absolute atomic E-state index is 12.6. The van der Waals surface area contributed by atoms with Gasteiger partial charge in [0.2, 0.25) is 0 Å². The molecule has 7 nitrogen and oxygen atoms in total. The normalized spacial score (nSPS) is 13.7. The Morgan fingerprint density at radius 1 is 1.00 bits per heavy atom. The monoisotopic (exact) mass is 472 g/mol. The highest BCUT2D eigenvalue weighted by atomic mass is 35.5. The molecule has 32 heavy (non-hydrogen) atoms. The second-order valence-electron chi connectivity index (χ2n) is 7.22. The van der Waals surface area contributed by atoms with Crippen LogP contribution in [0.15, 0.2) is 54.9 Å². The van der Waals surface area contributed by atoms with Crippen molar-refractivity contribution in [1.29, 1.82) is 0 Å². The number of amides is 1. The van der Waals surface area contributed by atoms with Crippen LogP contribution in [0, 0.1) is 0 Å². The molecule has 0 radical (unpaired) electrons. The second kappa shape index (κ2) is 10.1. The number of carbonyl (C=O) groups is 1. The number of nitrogens with zero attached hydrogens (tertiary/aromatic N) is 4. The molecule has 0 atom stereocenters. The molecular weight excluding hydrogens is 451 g/mol. The van der Waals surface area contributed by atoms with Crippen molar-refractivity contribution in [1.82, 2.24) is 14.9 Å². The zero-order valence-corrected chi connectivity index (χ0v) is 19.0. The van der Waals surface area contributed by atoms with Crippen molar-refractivity contribution in [2.24, 2.45) is 0 Å². The van der Waals surface area contributed by atoms with Crippen LogP contribution in [0.3, 0.4) is 0 Å². The fourth-order valence-electron chi connectivity index (χ4n) is 3.45. The van der Waals surface area contributed by atoms with Crippen LogP contribution in [-0.2, 0) is 4.79 Å². The summed E-state index contributed by atoms with van der Waals surface area (Å²) in [7, 11) is 1.64. The topological polar surface area (TPSA) is 67.8 Å². The van der Waals surface area contributed by atoms with Crippen molar-refractivity contribution >= 4 is 34.9 Å². The van der Waals surface area contributed by atoms with Gasteiger partial charge in [-0.05, 0) is 42.5 Å². The van der Waals surface area contributed by atoms with E-state index in [4.69, 9.17) is 32.7 Å². The predicted octanol–water partition coefficient (Wildman–Crippen LogP) is 4.19. The molecule has 1 aromatic heterocycles. The highest BCUT2D eigenvalue weighted by molar-refractivity contribution is 6.35. The van der Waals surface area contributed by atoms with Gasteiger partial charge in [-0.3, -0.25) is 4.79 Å². The summed E-state index contributed by atoms with van der Waals surface area (Å²) in [4.78, 5) is 25.3. The van der Waals surface area contributed by atoms with E-state index < -0.39 is 0 Å². The van der Waals surface area contributed by atoms with Crippen molar-refractivity contribution in [3.8, 4) is 22.8 Å². The van der Waals surface area contributed by atoms with Crippen LogP contribution in [0.4, 0.5) is 5.82 Å². The Kier molecular flexibility index (Phi) is 6.97. The van der Waals surface area contributed by atoms with Crippen LogP contribution >= 0.6 is 23.2 Å². The first-order chi connectivity index (χ1) is 15.5. The van der Waals surface area contributed by atoms with E-state index in [0.29, 0.717) is 42.0 Å². The van der Waals surface area contributed by atoms with E-state index >= 15 is 0 Å². The SMILES string of the molecule is COc1ccc(-c2cc(N3CCN(C(=O)COc4ccc(Cl)cc4Cl)CC3)ncn2)cc1. The Balaban J connectivity index is 1.33. The summed E-state index contributed by atoms with van der Waals surface area (Å²) in [6.07, 6.45) is 1.57. The summed E-state index contributed by atoms with van der Waals surface area (Å²) >= 11 is 12.0. The third kappa shape index (κ3) is 5.23. The van der Waals surface area contributed by atoms with Gasteiger partial charge in [0, 0.05) is 42.8 Å². The minimum Gasteiger partial charge on any atom is -0.497 e. The van der Waals surface area contributed by atoms with Gasteiger partial charge in [-0.25, -0.2) is 9.97 Å². The fraction of sp³-hybridized carbons (Fsp3) is 0.261. The van der Waals surface area contributed by atoms with Gasteiger partial charge in [-0.2, -0.15) is 0 Å². The number of hydrogen-bond donors (Lipinski definition) is 0. The van der Waals surface area contributed by atoms with E-state index in [1.54, 1.807) is 36.5 Å². The minimum atomic E-state index is -0.0859. The van der Waals surface area contributed by atoms with Gasteiger partial charge < -0.3 is 19.3 Å². The molecule has 0 unspecified atom stereocenters. The first-order valence-corrected chi connectivity index (χ1v) is 10.9. The molecule has 9 heteroatoms. The summed E-state index contributed by atoms with van der Waals surface area (Å²) in [5.74, 6) is 1.99. The van der Waals surface area contributed by atoms with Crippen molar-refractivity contribution in [3.63, 3.8) is 0 Å². The molecule has 3 aromatic rings. The summed E-state index contributed by atoms with van der Waals surface area (Å²) in [6, 6.07) is 14.6. The molecular formula is C23H22Cl2N4O3. The second-order valence-corrected chi connectivity index (χ2v) is 8.06. The van der Waals surface area contributed by atoms with Crippen LogP contribution in [0.5, 0.6) is 11.5 Å². The van der Waals surface area contributed by atoms with Crippen LogP contribution < -0.4 is 14.4 Å². The summed E-state index contributed by atoms with van der Waals surface area (Å²) < 4.78 is 10.8. The van der Waals surface area contributed by atoms with Crippen LogP contribution in [-0.4, -0.2) is 60.7 Å². The number of ether oxygens (including phenoxy) is 2. The van der Waals surface area contributed by atoms with E-state index in [1.165, 1.54) is 0 Å². The maximum Gasteiger partial charge on any atom is 0.260 e. The number of anilines is 1. The summed E-state index contributed by atoms with van der Waals surface area (Å²) in [5, 5.41) is 0.899. The van der Waals surface area contributed by atoms with E-state index in [1.807, 2.05) is 30.3 Å². The molecule has 1 aliphatic heterocycles. The molecule has 1 amide bonds. The first kappa shape index (κ1) is 22.2. The molecule has 0 spiro atoms. The van der Waals surface area contributed by atoms with Gasteiger partial charge in [0.05, 0.1) is 17.8 Å². The van der Waals surface area contributed by atoms with E-state index in [2.05, 4.69) is 14.9 Å². The van der Waals surface area contributed by atoms with Gasteiger partial charge in [-0.15, -0.1) is 0 Å². The largest absolute Gasteiger partial charge is 0.497 e. The molecule has 0 saturated carbocycles. The zero-order valence-electron chi connectivity index (χ0n) is 17.5. The Hall–Kier alpha value is -3.03. The first-order valence-electron chi connectivity index (χ1n) is 10.1. The standard InChI is InChI=1S/C23H22Cl2N4O3/c1-31-18-5-2-16(3-6-18)20-13-22(27-15-26-20)28-8-10-29(11-9-28)23(30)14-32-21-7-4-17(24)12-19(21)25/h2-7,12-13,15H,8-11,14H2,1H3. The molecule has 166 valence electrons. The average molecular weight is 473 g/mol. The number of halogens is 2. The average Bonchev–Trinajstić information content (AvgIpc) is 2.83. The van der Waals surface area contributed by atoms with E-state index in [0.717, 1.165) is 22.8 Å². The predicted molar refractivity (Wildman–Crippen MR) is 125 cm³/mol. The highest BCUT2D eigenvalue weighted by Gasteiger charge is 2.23. The molecule has 1 fully saturated rings. The lowest BCUT2D eigenvalue weighted by Gasteiger charge is -2.35. The van der Waals surface area contributed by atoms with Crippen LogP contribution in [0.25, 0.3) is 11.3 Å². The zero-order chi connectivity index (χ0) is 22.5. The molecule has 4 rings (SSSR count). The number of aromatic nitrogens is 2. The lowest BCUT2D eigenvalue weighted by molar-refractivity contribution is -0.133. The molecule has 1 saturated heterocycles. The van der Waals surface area contributed by atoms with Crippen molar-refractivity contribution < 1.29 is 14.3 Å². The molecule has 0 bridgehead atoms. The summed E-state index contributed by atoms with van der Waals surface area (Å²) in [6.45, 7) is 2.44. The number of rotatable bonds is 6. The quantitative estimate of drug-likeness (QED) is 0.535. The van der Waals surface area contributed by atoms with Crippen molar-refractivity contribution in [2.45, 2.75) is 0 Å². The van der Waals surface area contributed by atoms with Gasteiger partial charge >= 0.3 is 0 Å². The number of methoxy groups -OCH3 is 1. The number of piperazine rings is 1. The van der Waals surface area contributed by atoms with Crippen LogP contribution in [0.1, 0.15) is 0 Å². The Morgan fingerprint density at radius 3 is 2.44 bits per heavy atom. The lowest BCUT2D eigenvalue weighted by Crippen LogP contribution is -2.50. The summed E-state index contributed by atoms with van der Waals surface area (Å²) in [5.41, 5.74) is 1.82. The van der Waals surface area contributed by atoms with Crippen molar-refractivity contribution in [3.05, 3.63) is 64.9 Å². The lowest BCUT2D eigenvalue weighted by atomic mass is 10.1. The third-order valence-electron chi connectivity index (χ3n) is 5.24.